The Labute approximate surface area is 98.0 Å². The van der Waals surface area contributed by atoms with E-state index in [-0.39, 0.29) is 6.61 Å². The number of aliphatic hydroxyl groups excluding tert-OH is 1. The summed E-state index contributed by atoms with van der Waals surface area (Å²) >= 11 is 0. The van der Waals surface area contributed by atoms with Crippen molar-refractivity contribution in [3.05, 3.63) is 0 Å². The van der Waals surface area contributed by atoms with Crippen LogP contribution in [-0.4, -0.2) is 61.5 Å². The molecule has 2 fully saturated rings. The van der Waals surface area contributed by atoms with Gasteiger partial charge in [-0.3, -0.25) is 4.90 Å². The van der Waals surface area contributed by atoms with Gasteiger partial charge in [-0.1, -0.05) is 6.42 Å². The van der Waals surface area contributed by atoms with Crippen molar-refractivity contribution in [1.82, 2.24) is 10.2 Å². The molecule has 0 saturated carbocycles. The Hall–Kier alpha value is -0.160. The van der Waals surface area contributed by atoms with Crippen LogP contribution in [0.4, 0.5) is 0 Å². The Kier molecular flexibility index (Phi) is 5.03. The van der Waals surface area contributed by atoms with Crippen molar-refractivity contribution in [3.8, 4) is 0 Å². The molecule has 2 heterocycles. The predicted octanol–water partition coefficient (Wildman–Crippen LogP) is 0.212. The highest BCUT2D eigenvalue weighted by Gasteiger charge is 2.34. The number of rotatable bonds is 6. The van der Waals surface area contributed by atoms with E-state index in [9.17, 15) is 0 Å². The van der Waals surface area contributed by atoms with E-state index >= 15 is 0 Å². The summed E-state index contributed by atoms with van der Waals surface area (Å²) in [5.74, 6) is 0. The molecule has 2 rings (SSSR count). The van der Waals surface area contributed by atoms with Crippen LogP contribution in [0.2, 0.25) is 0 Å². The third-order valence-electron chi connectivity index (χ3n) is 3.74. The topological polar surface area (TPSA) is 44.7 Å². The lowest BCUT2D eigenvalue weighted by atomic mass is 9.99. The van der Waals surface area contributed by atoms with Crippen molar-refractivity contribution in [2.75, 3.05) is 39.5 Å². The summed E-state index contributed by atoms with van der Waals surface area (Å²) < 4.78 is 5.25. The van der Waals surface area contributed by atoms with Crippen LogP contribution in [-0.2, 0) is 4.74 Å². The minimum atomic E-state index is 0.125. The largest absolute Gasteiger partial charge is 0.394 e. The first-order valence-electron chi connectivity index (χ1n) is 6.58. The number of hydrogen-bond acceptors (Lipinski definition) is 4. The fraction of sp³-hybridized carbons (Fsp3) is 1.00. The average molecular weight is 228 g/mol. The third kappa shape index (κ3) is 3.17. The molecule has 4 heteroatoms. The SMILES string of the molecule is OCCOCCNC1CCN2CCCCC12. The second-order valence-electron chi connectivity index (χ2n) is 4.78. The molecule has 0 amide bonds. The van der Waals surface area contributed by atoms with Crippen LogP contribution >= 0.6 is 0 Å². The van der Waals surface area contributed by atoms with Gasteiger partial charge in [-0.25, -0.2) is 0 Å². The zero-order valence-electron chi connectivity index (χ0n) is 10.0. The van der Waals surface area contributed by atoms with Gasteiger partial charge < -0.3 is 15.2 Å². The van der Waals surface area contributed by atoms with E-state index in [0.717, 1.165) is 12.6 Å². The lowest BCUT2D eigenvalue weighted by molar-refractivity contribution is 0.0907. The lowest BCUT2D eigenvalue weighted by Crippen LogP contribution is -2.45. The zero-order chi connectivity index (χ0) is 11.2. The van der Waals surface area contributed by atoms with Crippen LogP contribution in [0, 0.1) is 0 Å². The van der Waals surface area contributed by atoms with Crippen molar-refractivity contribution in [2.45, 2.75) is 37.8 Å². The van der Waals surface area contributed by atoms with Crippen molar-refractivity contribution in [3.63, 3.8) is 0 Å². The molecule has 0 aliphatic carbocycles. The second kappa shape index (κ2) is 6.55. The third-order valence-corrected chi connectivity index (χ3v) is 3.74. The maximum Gasteiger partial charge on any atom is 0.0698 e. The van der Waals surface area contributed by atoms with Gasteiger partial charge in [0.2, 0.25) is 0 Å². The van der Waals surface area contributed by atoms with Gasteiger partial charge in [-0.05, 0) is 25.8 Å². The highest BCUT2D eigenvalue weighted by molar-refractivity contribution is 4.93. The van der Waals surface area contributed by atoms with Crippen molar-refractivity contribution in [2.24, 2.45) is 0 Å². The molecule has 16 heavy (non-hydrogen) atoms. The fourth-order valence-corrected chi connectivity index (χ4v) is 2.97. The van der Waals surface area contributed by atoms with Gasteiger partial charge in [0.25, 0.3) is 0 Å². The summed E-state index contributed by atoms with van der Waals surface area (Å²) in [6.45, 7) is 4.77. The lowest BCUT2D eigenvalue weighted by Gasteiger charge is -2.32. The molecule has 4 nitrogen and oxygen atoms in total. The standard InChI is InChI=1S/C12H24N2O2/c15-8-10-16-9-5-13-11-4-7-14-6-2-1-3-12(11)14/h11-13,15H,1-10H2. The Morgan fingerprint density at radius 3 is 3.00 bits per heavy atom. The Morgan fingerprint density at radius 1 is 1.19 bits per heavy atom. The molecule has 2 unspecified atom stereocenters. The first-order valence-corrected chi connectivity index (χ1v) is 6.58. The minimum absolute atomic E-state index is 0.125. The molecule has 2 aliphatic rings. The van der Waals surface area contributed by atoms with Gasteiger partial charge in [0, 0.05) is 25.2 Å². The van der Waals surface area contributed by atoms with Gasteiger partial charge in [0.1, 0.15) is 0 Å². The molecule has 0 radical (unpaired) electrons. The molecule has 0 aromatic rings. The Bertz CT molecular complexity index is 201. The van der Waals surface area contributed by atoms with E-state index in [0.29, 0.717) is 19.3 Å². The number of fused-ring (bicyclic) bond motifs is 1. The molecule has 2 atom stereocenters. The highest BCUT2D eigenvalue weighted by Crippen LogP contribution is 2.26. The van der Waals surface area contributed by atoms with E-state index in [1.54, 1.807) is 0 Å². The van der Waals surface area contributed by atoms with E-state index in [1.807, 2.05) is 0 Å². The van der Waals surface area contributed by atoms with Crippen molar-refractivity contribution in [1.29, 1.82) is 0 Å². The quantitative estimate of drug-likeness (QED) is 0.638. The molecule has 2 saturated heterocycles. The van der Waals surface area contributed by atoms with Crippen LogP contribution in [0.5, 0.6) is 0 Å². The van der Waals surface area contributed by atoms with E-state index in [1.165, 1.54) is 38.8 Å². The summed E-state index contributed by atoms with van der Waals surface area (Å²) in [5, 5.41) is 12.2. The van der Waals surface area contributed by atoms with Gasteiger partial charge in [0.05, 0.1) is 19.8 Å². The first kappa shape index (κ1) is 12.3. The highest BCUT2D eigenvalue weighted by atomic mass is 16.5. The van der Waals surface area contributed by atoms with Crippen LogP contribution < -0.4 is 5.32 Å². The summed E-state index contributed by atoms with van der Waals surface area (Å²) in [4.78, 5) is 2.63. The monoisotopic (exact) mass is 228 g/mol. The molecule has 2 N–H and O–H groups in total. The molecular weight excluding hydrogens is 204 g/mol. The summed E-state index contributed by atoms with van der Waals surface area (Å²) in [7, 11) is 0. The molecule has 0 bridgehead atoms. The summed E-state index contributed by atoms with van der Waals surface area (Å²) in [6, 6.07) is 1.43. The van der Waals surface area contributed by atoms with Gasteiger partial charge in [-0.2, -0.15) is 0 Å². The van der Waals surface area contributed by atoms with Crippen LogP contribution in [0.15, 0.2) is 0 Å². The molecule has 94 valence electrons. The molecule has 0 aromatic carbocycles. The maximum absolute atomic E-state index is 8.58. The Morgan fingerprint density at radius 2 is 2.12 bits per heavy atom. The average Bonchev–Trinajstić information content (AvgIpc) is 2.73. The van der Waals surface area contributed by atoms with Gasteiger partial charge >= 0.3 is 0 Å². The molecule has 0 spiro atoms. The summed E-state index contributed by atoms with van der Waals surface area (Å²) in [6.07, 6.45) is 5.41. The van der Waals surface area contributed by atoms with E-state index < -0.39 is 0 Å². The number of aliphatic hydroxyl groups is 1. The van der Waals surface area contributed by atoms with E-state index in [4.69, 9.17) is 9.84 Å². The van der Waals surface area contributed by atoms with E-state index in [2.05, 4.69) is 10.2 Å². The van der Waals surface area contributed by atoms with Gasteiger partial charge in [-0.15, -0.1) is 0 Å². The van der Waals surface area contributed by atoms with Crippen LogP contribution in [0.25, 0.3) is 0 Å². The van der Waals surface area contributed by atoms with Crippen molar-refractivity contribution >= 4 is 0 Å². The Balaban J connectivity index is 1.62. The molecule has 0 aromatic heterocycles. The smallest absolute Gasteiger partial charge is 0.0698 e. The number of ether oxygens (including phenoxy) is 1. The predicted molar refractivity (Wildman–Crippen MR) is 63.5 cm³/mol. The minimum Gasteiger partial charge on any atom is -0.394 e. The number of hydrogen-bond donors (Lipinski definition) is 2. The number of nitrogens with zero attached hydrogens (tertiary/aromatic N) is 1. The van der Waals surface area contributed by atoms with Crippen LogP contribution in [0.1, 0.15) is 25.7 Å². The van der Waals surface area contributed by atoms with Crippen LogP contribution in [0.3, 0.4) is 0 Å². The van der Waals surface area contributed by atoms with Crippen molar-refractivity contribution < 1.29 is 9.84 Å². The molecular formula is C12H24N2O2. The van der Waals surface area contributed by atoms with Gasteiger partial charge in [0.15, 0.2) is 0 Å². The molecule has 2 aliphatic heterocycles. The maximum atomic E-state index is 8.58. The second-order valence-corrected chi connectivity index (χ2v) is 4.78. The zero-order valence-corrected chi connectivity index (χ0v) is 10.0. The first-order chi connectivity index (χ1) is 7.92. The number of nitrogens with one attached hydrogen (secondary N) is 1. The fourth-order valence-electron chi connectivity index (χ4n) is 2.97. The normalized spacial score (nSPS) is 30.6. The number of piperidine rings is 1. The summed E-state index contributed by atoms with van der Waals surface area (Å²) in [5.41, 5.74) is 0.